The molecule has 1 atom stereocenters. The van der Waals surface area contributed by atoms with Crippen LogP contribution in [0, 0.1) is 5.82 Å². The Kier molecular flexibility index (Phi) is 8.82. The van der Waals surface area contributed by atoms with E-state index in [1.165, 1.54) is 7.11 Å². The molecule has 0 saturated heterocycles. The standard InChI is InChI=1S/C11H14BF4O2.K/c1-8(5-6-17-2)18-11-7-9(12(14,15)16)3-4-10(11)13;/h3-4,7-8H,5-6H2,1-2H3;/q-1;+1. The molecule has 102 valence electrons. The van der Waals surface area contributed by atoms with Crippen LogP contribution in [0.5, 0.6) is 5.75 Å². The molecule has 0 aliphatic rings. The van der Waals surface area contributed by atoms with Crippen LogP contribution in [0.3, 0.4) is 0 Å². The molecule has 1 unspecified atom stereocenters. The van der Waals surface area contributed by atoms with E-state index in [0.29, 0.717) is 25.2 Å². The fourth-order valence-corrected chi connectivity index (χ4v) is 1.37. The molecule has 0 saturated carbocycles. The zero-order chi connectivity index (χ0) is 13.8. The summed E-state index contributed by atoms with van der Waals surface area (Å²) in [6, 6.07) is 2.17. The molecule has 0 aromatic heterocycles. The Labute approximate surface area is 152 Å². The second-order valence-corrected chi connectivity index (χ2v) is 3.97. The molecule has 0 radical (unpaired) electrons. The van der Waals surface area contributed by atoms with Crippen molar-refractivity contribution in [1.29, 1.82) is 0 Å². The fraction of sp³-hybridized carbons (Fsp3) is 0.455. The Morgan fingerprint density at radius 2 is 1.89 bits per heavy atom. The first-order valence-corrected chi connectivity index (χ1v) is 5.49. The van der Waals surface area contributed by atoms with Crippen molar-refractivity contribution in [3.05, 3.63) is 24.0 Å². The maximum absolute atomic E-state index is 13.3. The molecule has 1 aromatic carbocycles. The average Bonchev–Trinajstić information content (AvgIpc) is 2.28. The quantitative estimate of drug-likeness (QED) is 0.530. The van der Waals surface area contributed by atoms with Crippen LogP contribution >= 0.6 is 0 Å². The molecule has 19 heavy (non-hydrogen) atoms. The van der Waals surface area contributed by atoms with Gasteiger partial charge in [-0.05, 0) is 19.1 Å². The van der Waals surface area contributed by atoms with Gasteiger partial charge in [-0.1, -0.05) is 6.07 Å². The van der Waals surface area contributed by atoms with Crippen molar-refractivity contribution in [2.45, 2.75) is 19.4 Å². The predicted octanol–water partition coefficient (Wildman–Crippen LogP) is -0.312. The monoisotopic (exact) mass is 304 g/mol. The second-order valence-electron chi connectivity index (χ2n) is 3.97. The van der Waals surface area contributed by atoms with Crippen LogP contribution in [0.1, 0.15) is 13.3 Å². The summed E-state index contributed by atoms with van der Waals surface area (Å²) in [5, 5.41) is 0. The number of rotatable bonds is 6. The number of benzene rings is 1. The largest absolute Gasteiger partial charge is 1.00 e. The maximum atomic E-state index is 13.3. The summed E-state index contributed by atoms with van der Waals surface area (Å²) in [5.74, 6) is -1.18. The predicted molar refractivity (Wildman–Crippen MR) is 61.7 cm³/mol. The molecule has 8 heteroatoms. The first-order valence-electron chi connectivity index (χ1n) is 5.49. The number of halogens is 4. The number of hydrogen-bond acceptors (Lipinski definition) is 2. The summed E-state index contributed by atoms with van der Waals surface area (Å²) in [4.78, 5) is 0. The Morgan fingerprint density at radius 3 is 2.42 bits per heavy atom. The van der Waals surface area contributed by atoms with Crippen molar-refractivity contribution < 1.29 is 78.2 Å². The van der Waals surface area contributed by atoms with Crippen molar-refractivity contribution in [2.24, 2.45) is 0 Å². The molecule has 2 nitrogen and oxygen atoms in total. The minimum atomic E-state index is -5.15. The summed E-state index contributed by atoms with van der Waals surface area (Å²) in [6.07, 6.45) is 0.0487. The first-order chi connectivity index (χ1) is 8.34. The first kappa shape index (κ1) is 19.4. The van der Waals surface area contributed by atoms with Gasteiger partial charge in [0, 0.05) is 20.1 Å². The van der Waals surface area contributed by atoms with Crippen molar-refractivity contribution >= 4 is 12.4 Å². The molecule has 0 N–H and O–H groups in total. The van der Waals surface area contributed by atoms with Gasteiger partial charge >= 0.3 is 58.4 Å². The Morgan fingerprint density at radius 1 is 1.26 bits per heavy atom. The van der Waals surface area contributed by atoms with E-state index in [1.807, 2.05) is 0 Å². The van der Waals surface area contributed by atoms with Gasteiger partial charge in [0.05, 0.1) is 6.10 Å². The van der Waals surface area contributed by atoms with Gasteiger partial charge in [0.25, 0.3) is 0 Å². The minimum Gasteiger partial charge on any atom is -0.488 e. The Bertz CT molecular complexity index is 401. The van der Waals surface area contributed by atoms with E-state index in [4.69, 9.17) is 9.47 Å². The summed E-state index contributed by atoms with van der Waals surface area (Å²) in [6.45, 7) is -3.12. The normalized spacial score (nSPS) is 12.7. The van der Waals surface area contributed by atoms with Crippen molar-refractivity contribution in [2.75, 3.05) is 13.7 Å². The molecule has 0 heterocycles. The smallest absolute Gasteiger partial charge is 0.488 e. The number of hydrogen-bond donors (Lipinski definition) is 0. The molecular formula is C11H14BF4KO2. The summed E-state index contributed by atoms with van der Waals surface area (Å²) in [5.41, 5.74) is -0.870. The second kappa shape index (κ2) is 8.64. The molecule has 0 bridgehead atoms. The topological polar surface area (TPSA) is 18.5 Å². The van der Waals surface area contributed by atoms with Crippen molar-refractivity contribution in [3.63, 3.8) is 0 Å². The molecule has 0 fully saturated rings. The van der Waals surface area contributed by atoms with Gasteiger partial charge in [-0.15, -0.1) is 5.46 Å². The van der Waals surface area contributed by atoms with Gasteiger partial charge in [-0.25, -0.2) is 4.39 Å². The Balaban J connectivity index is 0.00000324. The molecule has 0 aliphatic carbocycles. The van der Waals surface area contributed by atoms with E-state index in [0.717, 1.165) is 6.07 Å². The third kappa shape index (κ3) is 6.59. The zero-order valence-electron chi connectivity index (χ0n) is 11.1. The molecule has 0 aliphatic heterocycles. The van der Waals surface area contributed by atoms with E-state index >= 15 is 0 Å². The van der Waals surface area contributed by atoms with Crippen molar-refractivity contribution in [1.82, 2.24) is 0 Å². The Hall–Kier alpha value is 0.401. The molecule has 0 amide bonds. The van der Waals surface area contributed by atoms with Crippen molar-refractivity contribution in [3.8, 4) is 5.75 Å². The number of ether oxygens (including phenoxy) is 2. The molecule has 1 rings (SSSR count). The van der Waals surface area contributed by atoms with Crippen LogP contribution < -0.4 is 61.6 Å². The average molecular weight is 304 g/mol. The van der Waals surface area contributed by atoms with E-state index in [-0.39, 0.29) is 57.1 Å². The van der Waals surface area contributed by atoms with E-state index in [9.17, 15) is 17.3 Å². The molecular weight excluding hydrogens is 290 g/mol. The summed E-state index contributed by atoms with van der Waals surface area (Å²) >= 11 is 0. The SMILES string of the molecule is COCCC(C)Oc1cc([B-](F)(F)F)ccc1F.[K+]. The van der Waals surface area contributed by atoms with E-state index in [1.54, 1.807) is 6.92 Å². The van der Waals surface area contributed by atoms with Crippen LogP contribution in [0.25, 0.3) is 0 Å². The molecule has 0 spiro atoms. The van der Waals surface area contributed by atoms with Gasteiger partial charge in [0.2, 0.25) is 0 Å². The minimum absolute atomic E-state index is 0. The van der Waals surface area contributed by atoms with Gasteiger partial charge in [-0.3, -0.25) is 0 Å². The summed E-state index contributed by atoms with van der Waals surface area (Å²) < 4.78 is 60.8. The van der Waals surface area contributed by atoms with Crippen LogP contribution in [0.15, 0.2) is 18.2 Å². The zero-order valence-corrected chi connectivity index (χ0v) is 14.3. The number of methoxy groups -OCH3 is 1. The van der Waals surface area contributed by atoms with Crippen LogP contribution in [-0.4, -0.2) is 26.8 Å². The van der Waals surface area contributed by atoms with Gasteiger partial charge in [-0.2, -0.15) is 0 Å². The molecule has 1 aromatic rings. The third-order valence-corrected chi connectivity index (χ3v) is 2.39. The van der Waals surface area contributed by atoms with Gasteiger partial charge in [0.15, 0.2) is 11.6 Å². The maximum Gasteiger partial charge on any atom is 1.00 e. The van der Waals surface area contributed by atoms with Crippen LogP contribution in [-0.2, 0) is 4.74 Å². The van der Waals surface area contributed by atoms with Crippen LogP contribution in [0.4, 0.5) is 17.3 Å². The van der Waals surface area contributed by atoms with Gasteiger partial charge < -0.3 is 22.4 Å². The fourth-order valence-electron chi connectivity index (χ4n) is 1.37. The third-order valence-electron chi connectivity index (χ3n) is 2.39. The van der Waals surface area contributed by atoms with E-state index < -0.39 is 24.4 Å². The van der Waals surface area contributed by atoms with E-state index in [2.05, 4.69) is 0 Å². The van der Waals surface area contributed by atoms with Gasteiger partial charge in [0.1, 0.15) is 0 Å². The summed E-state index contributed by atoms with van der Waals surface area (Å²) in [7, 11) is 1.50. The van der Waals surface area contributed by atoms with Crippen LogP contribution in [0.2, 0.25) is 0 Å².